The number of aromatic nitrogens is 2. The van der Waals surface area contributed by atoms with Crippen molar-refractivity contribution in [1.29, 1.82) is 0 Å². The summed E-state index contributed by atoms with van der Waals surface area (Å²) in [6, 6.07) is 0. The van der Waals surface area contributed by atoms with Crippen molar-refractivity contribution < 1.29 is 18.3 Å². The Morgan fingerprint density at radius 3 is 2.80 bits per heavy atom. The van der Waals surface area contributed by atoms with E-state index in [1.54, 1.807) is 0 Å². The van der Waals surface area contributed by atoms with Crippen molar-refractivity contribution in [2.45, 2.75) is 23.0 Å². The number of carboxylic acid groups (broad SMARTS) is 1. The summed E-state index contributed by atoms with van der Waals surface area (Å²) in [7, 11) is -3.96. The number of sulfonamides is 1. The van der Waals surface area contributed by atoms with Crippen LogP contribution in [-0.4, -0.2) is 29.5 Å². The molecule has 1 aliphatic carbocycles. The van der Waals surface area contributed by atoms with Gasteiger partial charge >= 0.3 is 5.97 Å². The fourth-order valence-electron chi connectivity index (χ4n) is 1.63. The van der Waals surface area contributed by atoms with E-state index in [1.807, 2.05) is 5.38 Å². The van der Waals surface area contributed by atoms with Gasteiger partial charge in [-0.05, 0) is 12.8 Å². The van der Waals surface area contributed by atoms with Crippen LogP contribution in [0.2, 0.25) is 0 Å². The minimum atomic E-state index is -3.96. The maximum atomic E-state index is 12.1. The molecule has 2 aromatic rings. The van der Waals surface area contributed by atoms with E-state index in [0.29, 0.717) is 5.92 Å². The average molecular weight is 331 g/mol. The molecular weight excluding hydrogens is 322 g/mol. The summed E-state index contributed by atoms with van der Waals surface area (Å²) >= 11 is 1.96. The van der Waals surface area contributed by atoms with Gasteiger partial charge in [0.2, 0.25) is 0 Å². The molecule has 10 heteroatoms. The van der Waals surface area contributed by atoms with Gasteiger partial charge in [0.25, 0.3) is 10.0 Å². The molecule has 3 rings (SSSR count). The highest BCUT2D eigenvalue weighted by Crippen LogP contribution is 2.41. The highest BCUT2D eigenvalue weighted by atomic mass is 32.2. The molecule has 0 saturated heterocycles. The van der Waals surface area contributed by atoms with Gasteiger partial charge in [-0.15, -0.1) is 22.7 Å². The first-order chi connectivity index (χ1) is 9.47. The maximum Gasteiger partial charge on any atom is 0.356 e. The van der Waals surface area contributed by atoms with Crippen LogP contribution in [0.15, 0.2) is 15.1 Å². The summed E-state index contributed by atoms with van der Waals surface area (Å²) in [5.41, 5.74) is 1.60. The Morgan fingerprint density at radius 2 is 2.15 bits per heavy atom. The molecule has 0 aromatic carbocycles. The minimum absolute atomic E-state index is 0.247. The van der Waals surface area contributed by atoms with Gasteiger partial charge in [0.15, 0.2) is 15.0 Å². The van der Waals surface area contributed by atoms with E-state index in [1.165, 1.54) is 16.8 Å². The summed E-state index contributed by atoms with van der Waals surface area (Å²) in [6.07, 6.45) is 2.15. The molecule has 20 heavy (non-hydrogen) atoms. The normalized spacial score (nSPS) is 15.2. The van der Waals surface area contributed by atoms with Crippen LogP contribution in [-0.2, 0) is 10.0 Å². The van der Waals surface area contributed by atoms with Gasteiger partial charge in [0, 0.05) is 11.3 Å². The molecule has 1 aliphatic rings. The standard InChI is InChI=1S/C10H9N3O4S3/c14-8(15)7-9(19-4-11-7)20(16,17)13-10-12-6(3-18-10)5-1-2-5/h3-5H,1-2H2,(H,12,13)(H,14,15). The van der Waals surface area contributed by atoms with Crippen molar-refractivity contribution >= 4 is 43.8 Å². The Labute approximate surface area is 122 Å². The first kappa shape index (κ1) is 13.5. The van der Waals surface area contributed by atoms with Gasteiger partial charge in [-0.25, -0.2) is 23.2 Å². The largest absolute Gasteiger partial charge is 0.476 e. The first-order valence-corrected chi connectivity index (χ1v) is 8.86. The molecule has 1 saturated carbocycles. The minimum Gasteiger partial charge on any atom is -0.476 e. The third kappa shape index (κ3) is 2.53. The molecule has 2 N–H and O–H groups in total. The Hall–Kier alpha value is -1.52. The van der Waals surface area contributed by atoms with E-state index in [9.17, 15) is 13.2 Å². The van der Waals surface area contributed by atoms with Crippen molar-refractivity contribution in [1.82, 2.24) is 9.97 Å². The summed E-state index contributed by atoms with van der Waals surface area (Å²) < 4.78 is 26.3. The average Bonchev–Trinajstić information content (AvgIpc) is 2.91. The van der Waals surface area contributed by atoms with E-state index in [2.05, 4.69) is 14.7 Å². The van der Waals surface area contributed by atoms with Crippen molar-refractivity contribution in [2.24, 2.45) is 0 Å². The monoisotopic (exact) mass is 331 g/mol. The number of hydrogen-bond donors (Lipinski definition) is 2. The number of rotatable bonds is 5. The number of anilines is 1. The van der Waals surface area contributed by atoms with Crippen LogP contribution in [0, 0.1) is 0 Å². The highest BCUT2D eigenvalue weighted by Gasteiger charge is 2.29. The van der Waals surface area contributed by atoms with Crippen LogP contribution in [0.3, 0.4) is 0 Å². The molecule has 0 unspecified atom stereocenters. The maximum absolute atomic E-state index is 12.1. The van der Waals surface area contributed by atoms with Crippen LogP contribution >= 0.6 is 22.7 Å². The molecule has 0 amide bonds. The lowest BCUT2D eigenvalue weighted by molar-refractivity contribution is 0.0687. The van der Waals surface area contributed by atoms with Gasteiger partial charge in [-0.1, -0.05) is 0 Å². The van der Waals surface area contributed by atoms with Gasteiger partial charge < -0.3 is 5.11 Å². The van der Waals surface area contributed by atoms with Crippen LogP contribution in [0.25, 0.3) is 0 Å². The van der Waals surface area contributed by atoms with E-state index >= 15 is 0 Å². The van der Waals surface area contributed by atoms with Crippen molar-refractivity contribution in [3.8, 4) is 0 Å². The first-order valence-electron chi connectivity index (χ1n) is 5.62. The van der Waals surface area contributed by atoms with Crippen LogP contribution in [0.1, 0.15) is 34.9 Å². The smallest absolute Gasteiger partial charge is 0.356 e. The third-order valence-corrected chi connectivity index (χ3v) is 6.33. The number of nitrogens with zero attached hydrogens (tertiary/aromatic N) is 2. The lowest BCUT2D eigenvalue weighted by atomic mass is 10.3. The molecule has 1 fully saturated rings. The van der Waals surface area contributed by atoms with Crippen molar-refractivity contribution in [3.63, 3.8) is 0 Å². The van der Waals surface area contributed by atoms with E-state index in [0.717, 1.165) is 29.9 Å². The number of nitrogens with one attached hydrogen (secondary N) is 1. The number of carboxylic acids is 1. The van der Waals surface area contributed by atoms with E-state index in [-0.39, 0.29) is 9.34 Å². The highest BCUT2D eigenvalue weighted by molar-refractivity contribution is 7.94. The van der Waals surface area contributed by atoms with Crippen LogP contribution < -0.4 is 4.72 Å². The Kier molecular flexibility index (Phi) is 3.22. The van der Waals surface area contributed by atoms with Crippen molar-refractivity contribution in [2.75, 3.05) is 4.72 Å². The Balaban J connectivity index is 1.87. The molecule has 0 bridgehead atoms. The molecule has 0 radical (unpaired) electrons. The van der Waals surface area contributed by atoms with Crippen LogP contribution in [0.4, 0.5) is 5.13 Å². The van der Waals surface area contributed by atoms with E-state index in [4.69, 9.17) is 5.11 Å². The lowest BCUT2D eigenvalue weighted by Crippen LogP contribution is -2.15. The van der Waals surface area contributed by atoms with Gasteiger partial charge in [-0.3, -0.25) is 4.72 Å². The molecule has 7 nitrogen and oxygen atoms in total. The Bertz CT molecular complexity index is 760. The quantitative estimate of drug-likeness (QED) is 0.867. The molecule has 0 aliphatic heterocycles. The van der Waals surface area contributed by atoms with Gasteiger partial charge in [0.05, 0.1) is 11.2 Å². The molecule has 2 heterocycles. The molecule has 0 spiro atoms. The topological polar surface area (TPSA) is 109 Å². The second kappa shape index (κ2) is 4.79. The number of aromatic carboxylic acids is 1. The third-order valence-electron chi connectivity index (χ3n) is 2.72. The summed E-state index contributed by atoms with van der Waals surface area (Å²) in [4.78, 5) is 18.7. The number of hydrogen-bond acceptors (Lipinski definition) is 7. The zero-order valence-electron chi connectivity index (χ0n) is 9.94. The summed E-state index contributed by atoms with van der Waals surface area (Å²) in [5.74, 6) is -0.938. The molecule has 0 atom stereocenters. The molecule has 2 aromatic heterocycles. The second-order valence-corrected chi connectivity index (χ2v) is 7.84. The zero-order valence-corrected chi connectivity index (χ0v) is 12.4. The van der Waals surface area contributed by atoms with E-state index < -0.39 is 21.7 Å². The molecule has 106 valence electrons. The van der Waals surface area contributed by atoms with Gasteiger partial charge in [-0.2, -0.15) is 0 Å². The fraction of sp³-hybridized carbons (Fsp3) is 0.300. The summed E-state index contributed by atoms with van der Waals surface area (Å²) in [6.45, 7) is 0. The summed E-state index contributed by atoms with van der Waals surface area (Å²) in [5, 5.41) is 11.0. The Morgan fingerprint density at radius 1 is 1.40 bits per heavy atom. The SMILES string of the molecule is O=C(O)c1ncsc1S(=O)(=O)Nc1nc(C2CC2)cs1. The zero-order chi connectivity index (χ0) is 14.3. The number of carbonyl (C=O) groups is 1. The predicted octanol–water partition coefficient (Wildman–Crippen LogP) is 1.98. The van der Waals surface area contributed by atoms with Crippen LogP contribution in [0.5, 0.6) is 0 Å². The fourth-order valence-corrected chi connectivity index (χ4v) is 4.82. The predicted molar refractivity (Wildman–Crippen MR) is 74.0 cm³/mol. The number of thiazole rings is 2. The van der Waals surface area contributed by atoms with Crippen molar-refractivity contribution in [3.05, 3.63) is 22.3 Å². The second-order valence-electron chi connectivity index (χ2n) is 4.25. The van der Waals surface area contributed by atoms with Gasteiger partial charge in [0.1, 0.15) is 0 Å². The molecular formula is C10H9N3O4S3. The lowest BCUT2D eigenvalue weighted by Gasteiger charge is -2.02.